The number of carbonyl (C=O) groups is 4. The lowest BCUT2D eigenvalue weighted by atomic mass is 10.0. The van der Waals surface area contributed by atoms with Crippen LogP contribution in [0.4, 0.5) is 0 Å². The summed E-state index contributed by atoms with van der Waals surface area (Å²) in [5, 5.41) is 0. The Morgan fingerprint density at radius 2 is 0.808 bits per heavy atom. The Balaban J connectivity index is 2.02. The predicted molar refractivity (Wildman–Crippen MR) is 94.5 cm³/mol. The second kappa shape index (κ2) is 7.40. The van der Waals surface area contributed by atoms with Crippen LogP contribution in [0.1, 0.15) is 41.4 Å². The van der Waals surface area contributed by atoms with Crippen molar-refractivity contribution in [2.45, 2.75) is 0 Å². The fraction of sp³-hybridized carbons (Fsp3) is 0. The monoisotopic (exact) mass is 344 g/mol. The van der Waals surface area contributed by atoms with Gasteiger partial charge in [-0.05, 0) is 36.4 Å². The van der Waals surface area contributed by atoms with Gasteiger partial charge < -0.3 is 0 Å². The predicted octanol–water partition coefficient (Wildman–Crippen LogP) is 3.06. The zero-order valence-corrected chi connectivity index (χ0v) is 13.5. The van der Waals surface area contributed by atoms with Crippen molar-refractivity contribution in [1.82, 2.24) is 9.97 Å². The highest BCUT2D eigenvalue weighted by Gasteiger charge is 2.08. The van der Waals surface area contributed by atoms with E-state index in [4.69, 9.17) is 0 Å². The minimum Gasteiger partial charge on any atom is -0.298 e. The summed E-state index contributed by atoms with van der Waals surface area (Å²) >= 11 is 0. The Kier molecular flexibility index (Phi) is 4.85. The number of rotatable bonds is 6. The molecule has 0 amide bonds. The molecule has 0 spiro atoms. The molecular weight excluding hydrogens is 332 g/mol. The maximum Gasteiger partial charge on any atom is 0.150 e. The van der Waals surface area contributed by atoms with E-state index in [2.05, 4.69) is 9.97 Å². The van der Waals surface area contributed by atoms with Crippen LogP contribution >= 0.6 is 0 Å². The highest BCUT2D eigenvalue weighted by Crippen LogP contribution is 2.23. The van der Waals surface area contributed by atoms with Gasteiger partial charge in [0.2, 0.25) is 0 Å². The first-order chi connectivity index (χ1) is 12.7. The molecular formula is C20H12N2O4. The molecule has 0 fully saturated rings. The van der Waals surface area contributed by atoms with E-state index in [1.807, 2.05) is 0 Å². The minimum atomic E-state index is 0.366. The number of hydrogen-bond donors (Lipinski definition) is 0. The summed E-state index contributed by atoms with van der Waals surface area (Å²) in [6.07, 6.45) is 5.63. The van der Waals surface area contributed by atoms with E-state index in [0.29, 0.717) is 69.9 Å². The van der Waals surface area contributed by atoms with Crippen molar-refractivity contribution in [1.29, 1.82) is 0 Å². The first-order valence-electron chi connectivity index (χ1n) is 7.60. The standard InChI is InChI=1S/C20H12N2O4/c23-9-13-1-14(10-24)4-17(3-13)19-7-22-20(8-21-19)18-5-15(11-25)2-16(6-18)12-26/h1-12H. The lowest BCUT2D eigenvalue weighted by molar-refractivity contribution is 0.111. The molecule has 0 unspecified atom stereocenters. The lowest BCUT2D eigenvalue weighted by Gasteiger charge is -2.06. The summed E-state index contributed by atoms with van der Waals surface area (Å²) in [7, 11) is 0. The van der Waals surface area contributed by atoms with Gasteiger partial charge in [0.25, 0.3) is 0 Å². The topological polar surface area (TPSA) is 94.1 Å². The molecule has 0 N–H and O–H groups in total. The van der Waals surface area contributed by atoms with E-state index in [9.17, 15) is 19.2 Å². The lowest BCUT2D eigenvalue weighted by Crippen LogP contribution is -1.94. The highest BCUT2D eigenvalue weighted by atomic mass is 16.1. The smallest absolute Gasteiger partial charge is 0.150 e. The van der Waals surface area contributed by atoms with Crippen LogP contribution < -0.4 is 0 Å². The summed E-state index contributed by atoms with van der Waals surface area (Å²) in [6, 6.07) is 9.42. The number of aldehydes is 4. The maximum atomic E-state index is 11.0. The number of carbonyl (C=O) groups excluding carboxylic acids is 4. The third-order valence-corrected chi connectivity index (χ3v) is 3.74. The molecule has 0 saturated carbocycles. The number of benzene rings is 2. The van der Waals surface area contributed by atoms with Crippen molar-refractivity contribution in [3.8, 4) is 22.5 Å². The van der Waals surface area contributed by atoms with Crippen LogP contribution in [0.3, 0.4) is 0 Å². The third kappa shape index (κ3) is 3.49. The quantitative estimate of drug-likeness (QED) is 0.638. The van der Waals surface area contributed by atoms with Crippen molar-refractivity contribution in [2.24, 2.45) is 0 Å². The zero-order valence-electron chi connectivity index (χ0n) is 13.5. The van der Waals surface area contributed by atoms with Crippen LogP contribution in [0.15, 0.2) is 48.8 Å². The van der Waals surface area contributed by atoms with Gasteiger partial charge in [-0.1, -0.05) is 0 Å². The SMILES string of the molecule is O=Cc1cc(C=O)cc(-c2cnc(-c3cc(C=O)cc(C=O)c3)cn2)c1. The van der Waals surface area contributed by atoms with E-state index in [-0.39, 0.29) is 0 Å². The Hall–Kier alpha value is -3.80. The summed E-state index contributed by atoms with van der Waals surface area (Å²) in [4.78, 5) is 52.7. The van der Waals surface area contributed by atoms with Crippen molar-refractivity contribution in [2.75, 3.05) is 0 Å². The van der Waals surface area contributed by atoms with Gasteiger partial charge in [-0.2, -0.15) is 0 Å². The molecule has 0 saturated heterocycles. The van der Waals surface area contributed by atoms with Crippen LogP contribution in [-0.2, 0) is 0 Å². The van der Waals surface area contributed by atoms with E-state index < -0.39 is 0 Å². The van der Waals surface area contributed by atoms with Crippen molar-refractivity contribution >= 4 is 25.1 Å². The summed E-state index contributed by atoms with van der Waals surface area (Å²) in [5.41, 5.74) is 3.62. The Labute approximate surface area is 148 Å². The molecule has 0 radical (unpaired) electrons. The van der Waals surface area contributed by atoms with Gasteiger partial charge in [0, 0.05) is 33.4 Å². The molecule has 0 aliphatic heterocycles. The van der Waals surface area contributed by atoms with Gasteiger partial charge in [-0.3, -0.25) is 29.1 Å². The molecule has 2 aromatic carbocycles. The third-order valence-electron chi connectivity index (χ3n) is 3.74. The first kappa shape index (κ1) is 17.0. The molecule has 0 atom stereocenters. The van der Waals surface area contributed by atoms with Gasteiger partial charge in [-0.15, -0.1) is 0 Å². The van der Waals surface area contributed by atoms with Gasteiger partial charge in [0.1, 0.15) is 25.1 Å². The summed E-state index contributed by atoms with van der Waals surface area (Å²) in [5.74, 6) is 0. The number of hydrogen-bond acceptors (Lipinski definition) is 6. The average Bonchev–Trinajstić information content (AvgIpc) is 2.72. The molecule has 126 valence electrons. The molecule has 26 heavy (non-hydrogen) atoms. The van der Waals surface area contributed by atoms with E-state index in [1.54, 1.807) is 24.3 Å². The summed E-state index contributed by atoms with van der Waals surface area (Å²) < 4.78 is 0. The second-order valence-corrected chi connectivity index (χ2v) is 5.53. The second-order valence-electron chi connectivity index (χ2n) is 5.53. The molecule has 6 nitrogen and oxygen atoms in total. The van der Waals surface area contributed by atoms with Crippen molar-refractivity contribution in [3.05, 3.63) is 71.0 Å². The van der Waals surface area contributed by atoms with E-state index in [0.717, 1.165) is 0 Å². The zero-order chi connectivity index (χ0) is 18.5. The molecule has 6 heteroatoms. The Bertz CT molecular complexity index is 876. The average molecular weight is 344 g/mol. The number of aromatic nitrogens is 2. The molecule has 1 aromatic heterocycles. The molecule has 0 aliphatic carbocycles. The van der Waals surface area contributed by atoms with Crippen LogP contribution in [0.25, 0.3) is 22.5 Å². The van der Waals surface area contributed by atoms with Crippen LogP contribution in [0.2, 0.25) is 0 Å². The van der Waals surface area contributed by atoms with Crippen LogP contribution in [0, 0.1) is 0 Å². The molecule has 0 bridgehead atoms. The molecule has 3 aromatic rings. The van der Waals surface area contributed by atoms with Crippen molar-refractivity contribution < 1.29 is 19.2 Å². The van der Waals surface area contributed by atoms with Crippen molar-refractivity contribution in [3.63, 3.8) is 0 Å². The van der Waals surface area contributed by atoms with Gasteiger partial charge >= 0.3 is 0 Å². The first-order valence-corrected chi connectivity index (χ1v) is 7.60. The minimum absolute atomic E-state index is 0.366. The Morgan fingerprint density at radius 1 is 0.500 bits per heavy atom. The van der Waals surface area contributed by atoms with E-state index in [1.165, 1.54) is 24.5 Å². The largest absolute Gasteiger partial charge is 0.298 e. The van der Waals surface area contributed by atoms with Crippen LogP contribution in [0.5, 0.6) is 0 Å². The fourth-order valence-corrected chi connectivity index (χ4v) is 2.55. The molecule has 3 rings (SSSR count). The van der Waals surface area contributed by atoms with Crippen LogP contribution in [-0.4, -0.2) is 35.1 Å². The highest BCUT2D eigenvalue weighted by molar-refractivity contribution is 5.87. The normalized spacial score (nSPS) is 10.2. The fourth-order valence-electron chi connectivity index (χ4n) is 2.55. The maximum absolute atomic E-state index is 11.0. The molecule has 0 aliphatic rings. The Morgan fingerprint density at radius 3 is 1.04 bits per heavy atom. The molecule has 1 heterocycles. The summed E-state index contributed by atoms with van der Waals surface area (Å²) in [6.45, 7) is 0. The van der Waals surface area contributed by atoms with Gasteiger partial charge in [0.15, 0.2) is 0 Å². The van der Waals surface area contributed by atoms with Gasteiger partial charge in [-0.25, -0.2) is 0 Å². The van der Waals surface area contributed by atoms with E-state index >= 15 is 0 Å². The number of nitrogens with zero attached hydrogens (tertiary/aromatic N) is 2. The van der Waals surface area contributed by atoms with Gasteiger partial charge in [0.05, 0.1) is 23.8 Å².